The second kappa shape index (κ2) is 5.43. The number of hydrogen-bond acceptors (Lipinski definition) is 2. The van der Waals surface area contributed by atoms with Crippen LogP contribution in [0.1, 0.15) is 36.3 Å². The first-order valence-corrected chi connectivity index (χ1v) is 8.10. The number of pyridine rings is 1. The molecule has 2 aliphatic heterocycles. The van der Waals surface area contributed by atoms with Crippen molar-refractivity contribution in [2.75, 3.05) is 0 Å². The first kappa shape index (κ1) is 13.3. The Bertz CT molecular complexity index is 611. The van der Waals surface area contributed by atoms with Crippen LogP contribution in [-0.2, 0) is 6.54 Å². The Labute approximate surface area is 130 Å². The van der Waals surface area contributed by atoms with E-state index in [0.29, 0.717) is 17.1 Å². The first-order chi connectivity index (χ1) is 10.3. The average Bonchev–Trinajstić information content (AvgIpc) is 3.06. The summed E-state index contributed by atoms with van der Waals surface area (Å²) in [6.45, 7) is 1.08. The molecule has 3 heterocycles. The van der Waals surface area contributed by atoms with Gasteiger partial charge in [0.1, 0.15) is 5.15 Å². The van der Waals surface area contributed by atoms with Gasteiger partial charge < -0.3 is 0 Å². The summed E-state index contributed by atoms with van der Waals surface area (Å²) < 4.78 is 0. The zero-order chi connectivity index (χ0) is 14.2. The van der Waals surface area contributed by atoms with Crippen LogP contribution < -0.4 is 0 Å². The van der Waals surface area contributed by atoms with Crippen LogP contribution in [0.25, 0.3) is 0 Å². The molecule has 4 rings (SSSR count). The largest absolute Gasteiger partial charge is 0.293 e. The Hall–Kier alpha value is -1.38. The summed E-state index contributed by atoms with van der Waals surface area (Å²) in [7, 11) is 0. The summed E-state index contributed by atoms with van der Waals surface area (Å²) in [5, 5.41) is 0.586. The molecule has 0 spiro atoms. The van der Waals surface area contributed by atoms with Gasteiger partial charge in [-0.15, -0.1) is 0 Å². The summed E-state index contributed by atoms with van der Waals surface area (Å²) in [4.78, 5) is 6.97. The third kappa shape index (κ3) is 2.47. The van der Waals surface area contributed by atoms with Crippen molar-refractivity contribution in [2.24, 2.45) is 0 Å². The zero-order valence-corrected chi connectivity index (χ0v) is 12.7. The molecule has 21 heavy (non-hydrogen) atoms. The van der Waals surface area contributed by atoms with Crippen LogP contribution in [0.2, 0.25) is 5.15 Å². The molecular formula is C18H19ClN2. The fourth-order valence-corrected chi connectivity index (χ4v) is 4.22. The van der Waals surface area contributed by atoms with Gasteiger partial charge in [0.25, 0.3) is 0 Å². The number of aromatic nitrogens is 1. The molecule has 0 aliphatic carbocycles. The molecule has 2 fully saturated rings. The lowest BCUT2D eigenvalue weighted by atomic mass is 9.85. The van der Waals surface area contributed by atoms with E-state index in [9.17, 15) is 0 Å². The lowest BCUT2D eigenvalue weighted by Crippen LogP contribution is -2.29. The lowest BCUT2D eigenvalue weighted by Gasteiger charge is -2.24. The third-order valence-electron chi connectivity index (χ3n) is 5.07. The zero-order valence-electron chi connectivity index (χ0n) is 12.0. The van der Waals surface area contributed by atoms with Crippen molar-refractivity contribution in [1.29, 1.82) is 0 Å². The number of hydrogen-bond donors (Lipinski definition) is 0. The molecular weight excluding hydrogens is 280 g/mol. The van der Waals surface area contributed by atoms with E-state index in [0.717, 1.165) is 12.6 Å². The maximum absolute atomic E-state index is 5.91. The molecule has 1 aromatic heterocycles. The molecule has 0 radical (unpaired) electrons. The summed E-state index contributed by atoms with van der Waals surface area (Å²) in [6.07, 6.45) is 5.88. The molecule has 2 aromatic rings. The van der Waals surface area contributed by atoms with Crippen molar-refractivity contribution in [3.8, 4) is 0 Å². The summed E-state index contributed by atoms with van der Waals surface area (Å²) >= 11 is 5.91. The van der Waals surface area contributed by atoms with Crippen molar-refractivity contribution < 1.29 is 0 Å². The van der Waals surface area contributed by atoms with Gasteiger partial charge in [0.15, 0.2) is 0 Å². The van der Waals surface area contributed by atoms with E-state index in [1.54, 1.807) is 0 Å². The number of halogens is 1. The van der Waals surface area contributed by atoms with Crippen LogP contribution in [0, 0.1) is 0 Å². The number of rotatable bonds is 3. The monoisotopic (exact) mass is 298 g/mol. The molecule has 0 amide bonds. The highest BCUT2D eigenvalue weighted by molar-refractivity contribution is 6.29. The van der Waals surface area contributed by atoms with E-state index in [4.69, 9.17) is 11.6 Å². The minimum Gasteiger partial charge on any atom is -0.293 e. The Balaban J connectivity index is 1.55. The number of benzene rings is 1. The molecule has 1 aromatic carbocycles. The van der Waals surface area contributed by atoms with Gasteiger partial charge in [-0.3, -0.25) is 4.90 Å². The Morgan fingerprint density at radius 3 is 2.71 bits per heavy atom. The van der Waals surface area contributed by atoms with E-state index in [2.05, 4.69) is 46.3 Å². The molecule has 2 saturated heterocycles. The first-order valence-electron chi connectivity index (χ1n) is 7.72. The fraction of sp³-hybridized carbons (Fsp3) is 0.389. The highest BCUT2D eigenvalue weighted by Gasteiger charge is 2.46. The Morgan fingerprint density at radius 1 is 1.10 bits per heavy atom. The standard InChI is InChI=1S/C18H19ClN2/c19-18-9-6-14(11-20-18)16-10-15-7-8-17(16)21(15)12-13-4-2-1-3-5-13/h1-6,9,11,15-17H,7-8,10,12H2/t15-,16+,17+/m0/s1. The number of nitrogens with zero attached hydrogens (tertiary/aromatic N) is 2. The Kier molecular flexibility index (Phi) is 3.44. The van der Waals surface area contributed by atoms with Crippen LogP contribution in [0.15, 0.2) is 48.7 Å². The van der Waals surface area contributed by atoms with Gasteiger partial charge in [-0.2, -0.15) is 0 Å². The molecule has 0 N–H and O–H groups in total. The lowest BCUT2D eigenvalue weighted by molar-refractivity contribution is 0.239. The molecule has 0 saturated carbocycles. The average molecular weight is 299 g/mol. The van der Waals surface area contributed by atoms with Crippen LogP contribution in [0.3, 0.4) is 0 Å². The normalized spacial score (nSPS) is 28.1. The highest BCUT2D eigenvalue weighted by atomic mass is 35.5. The van der Waals surface area contributed by atoms with Gasteiger partial charge >= 0.3 is 0 Å². The van der Waals surface area contributed by atoms with Gasteiger partial charge in [0, 0.05) is 30.7 Å². The van der Waals surface area contributed by atoms with Crippen molar-refractivity contribution >= 4 is 11.6 Å². The minimum absolute atomic E-state index is 0.586. The van der Waals surface area contributed by atoms with Crippen LogP contribution in [0.4, 0.5) is 0 Å². The van der Waals surface area contributed by atoms with Crippen molar-refractivity contribution in [2.45, 2.75) is 43.8 Å². The molecule has 3 atom stereocenters. The van der Waals surface area contributed by atoms with E-state index in [1.807, 2.05) is 12.3 Å². The molecule has 2 nitrogen and oxygen atoms in total. The van der Waals surface area contributed by atoms with Crippen LogP contribution in [-0.4, -0.2) is 22.0 Å². The summed E-state index contributed by atoms with van der Waals surface area (Å²) in [5.41, 5.74) is 2.77. The maximum Gasteiger partial charge on any atom is 0.129 e. The quantitative estimate of drug-likeness (QED) is 0.787. The van der Waals surface area contributed by atoms with Gasteiger partial charge in [0.05, 0.1) is 0 Å². The van der Waals surface area contributed by atoms with E-state index in [-0.39, 0.29) is 0 Å². The molecule has 2 aliphatic rings. The predicted molar refractivity (Wildman–Crippen MR) is 85.4 cm³/mol. The molecule has 3 heteroatoms. The van der Waals surface area contributed by atoms with Gasteiger partial charge in [-0.1, -0.05) is 48.0 Å². The second-order valence-corrected chi connectivity index (χ2v) is 6.60. The fourth-order valence-electron chi connectivity index (χ4n) is 4.11. The van der Waals surface area contributed by atoms with E-state index < -0.39 is 0 Å². The van der Waals surface area contributed by atoms with E-state index >= 15 is 0 Å². The maximum atomic E-state index is 5.91. The topological polar surface area (TPSA) is 16.1 Å². The highest BCUT2D eigenvalue weighted by Crippen LogP contribution is 2.47. The van der Waals surface area contributed by atoms with Crippen molar-refractivity contribution in [3.63, 3.8) is 0 Å². The molecule has 2 bridgehead atoms. The SMILES string of the molecule is Clc1ccc([C@H]2C[C@@H]3CC[C@H]2N3Cc2ccccc2)cn1. The molecule has 0 unspecified atom stereocenters. The Morgan fingerprint density at radius 2 is 1.95 bits per heavy atom. The van der Waals surface area contributed by atoms with Gasteiger partial charge in [-0.25, -0.2) is 4.98 Å². The minimum atomic E-state index is 0.586. The van der Waals surface area contributed by atoms with Gasteiger partial charge in [0.2, 0.25) is 0 Å². The third-order valence-corrected chi connectivity index (χ3v) is 5.29. The number of fused-ring (bicyclic) bond motifs is 2. The summed E-state index contributed by atoms with van der Waals surface area (Å²) in [6, 6.07) is 16.3. The van der Waals surface area contributed by atoms with E-state index in [1.165, 1.54) is 30.4 Å². The smallest absolute Gasteiger partial charge is 0.129 e. The molecule has 108 valence electrons. The summed E-state index contributed by atoms with van der Waals surface area (Å²) in [5.74, 6) is 0.622. The van der Waals surface area contributed by atoms with Crippen LogP contribution >= 0.6 is 11.6 Å². The second-order valence-electron chi connectivity index (χ2n) is 6.21. The van der Waals surface area contributed by atoms with Crippen LogP contribution in [0.5, 0.6) is 0 Å². The van der Waals surface area contributed by atoms with Crippen molar-refractivity contribution in [1.82, 2.24) is 9.88 Å². The van der Waals surface area contributed by atoms with Gasteiger partial charge in [-0.05, 0) is 36.5 Å². The predicted octanol–water partition coefficient (Wildman–Crippen LogP) is 4.26. The van der Waals surface area contributed by atoms with Crippen molar-refractivity contribution in [3.05, 3.63) is 64.9 Å².